The van der Waals surface area contributed by atoms with Crippen LogP contribution in [-0.2, 0) is 6.54 Å². The number of nitrogens with zero attached hydrogens (tertiary/aromatic N) is 3. The summed E-state index contributed by atoms with van der Waals surface area (Å²) in [5, 5.41) is 25.7. The van der Waals surface area contributed by atoms with Gasteiger partial charge in [0.2, 0.25) is 0 Å². The summed E-state index contributed by atoms with van der Waals surface area (Å²) in [6, 6.07) is 12.6. The van der Waals surface area contributed by atoms with E-state index in [-0.39, 0.29) is 17.2 Å². The molecule has 0 saturated carbocycles. The van der Waals surface area contributed by atoms with Gasteiger partial charge in [0.05, 0.1) is 22.2 Å². The Morgan fingerprint density at radius 2 is 1.90 bits per heavy atom. The van der Waals surface area contributed by atoms with Gasteiger partial charge < -0.3 is 9.67 Å². The summed E-state index contributed by atoms with van der Waals surface area (Å²) >= 11 is 0. The van der Waals surface area contributed by atoms with Crippen LogP contribution in [0.5, 0.6) is 5.75 Å². The number of carbonyl (C=O) groups is 1. The Kier molecular flexibility index (Phi) is 5.91. The highest BCUT2D eigenvalue weighted by atomic mass is 16.6. The number of hydrazone groups is 1. The molecule has 0 aliphatic heterocycles. The maximum absolute atomic E-state index is 13.0. The highest BCUT2D eigenvalue weighted by Gasteiger charge is 2.22. The highest BCUT2D eigenvalue weighted by Crippen LogP contribution is 2.26. The van der Waals surface area contributed by atoms with Gasteiger partial charge in [0.1, 0.15) is 11.3 Å². The molecule has 0 fully saturated rings. The maximum Gasteiger partial charge on any atom is 0.280 e. The molecule has 0 bridgehead atoms. The van der Waals surface area contributed by atoms with Crippen molar-refractivity contribution >= 4 is 28.7 Å². The number of aromatic nitrogens is 1. The molecule has 1 amide bonds. The molecule has 0 atom stereocenters. The number of nitrogens with one attached hydrogen (secondary N) is 1. The lowest BCUT2D eigenvalue weighted by molar-refractivity contribution is -0.385. The van der Waals surface area contributed by atoms with Crippen molar-refractivity contribution in [2.45, 2.75) is 20.4 Å². The number of nitro groups is 1. The van der Waals surface area contributed by atoms with Gasteiger partial charge in [0, 0.05) is 18.0 Å². The lowest BCUT2D eigenvalue weighted by Crippen LogP contribution is -2.32. The molecular weight excluding hydrogens is 388 g/mol. The van der Waals surface area contributed by atoms with Crippen LogP contribution in [0, 0.1) is 16.0 Å². The first kappa shape index (κ1) is 20.7. The van der Waals surface area contributed by atoms with E-state index in [1.165, 1.54) is 22.8 Å². The van der Waals surface area contributed by atoms with Gasteiger partial charge in [0.15, 0.2) is 0 Å². The van der Waals surface area contributed by atoms with Crippen LogP contribution in [0.2, 0.25) is 0 Å². The van der Waals surface area contributed by atoms with Crippen LogP contribution in [0.15, 0.2) is 58.4 Å². The molecule has 154 valence electrons. The topological polar surface area (TPSA) is 127 Å². The molecule has 0 aliphatic rings. The van der Waals surface area contributed by atoms with Gasteiger partial charge in [-0.1, -0.05) is 38.1 Å². The number of hydrogen-bond acceptors (Lipinski definition) is 6. The molecule has 9 heteroatoms. The van der Waals surface area contributed by atoms with Crippen LogP contribution >= 0.6 is 0 Å². The Hall–Kier alpha value is -4.01. The lowest BCUT2D eigenvalue weighted by atomic mass is 10.1. The molecule has 3 rings (SSSR count). The number of carbonyl (C=O) groups excluding carboxylic acids is 1. The fourth-order valence-corrected chi connectivity index (χ4v) is 3.12. The molecule has 0 unspecified atom stereocenters. The molecule has 0 aliphatic carbocycles. The summed E-state index contributed by atoms with van der Waals surface area (Å²) < 4.78 is 1.44. The first-order chi connectivity index (χ1) is 14.3. The quantitative estimate of drug-likeness (QED) is 0.368. The molecule has 2 aromatic carbocycles. The van der Waals surface area contributed by atoms with E-state index in [0.717, 1.165) is 6.21 Å². The predicted octanol–water partition coefficient (Wildman–Crippen LogP) is 3.04. The number of fused-ring (bicyclic) bond motifs is 1. The zero-order chi connectivity index (χ0) is 21.8. The van der Waals surface area contributed by atoms with Gasteiger partial charge in [-0.3, -0.25) is 19.7 Å². The van der Waals surface area contributed by atoms with E-state index in [1.54, 1.807) is 30.3 Å². The fraction of sp³-hybridized carbons (Fsp3) is 0.190. The summed E-state index contributed by atoms with van der Waals surface area (Å²) in [6.45, 7) is 4.23. The third-order valence-electron chi connectivity index (χ3n) is 4.42. The van der Waals surface area contributed by atoms with Crippen LogP contribution in [0.3, 0.4) is 0 Å². The molecule has 1 heterocycles. The Morgan fingerprint density at radius 3 is 2.60 bits per heavy atom. The zero-order valence-electron chi connectivity index (χ0n) is 16.4. The first-order valence-corrected chi connectivity index (χ1v) is 9.22. The molecule has 0 saturated heterocycles. The van der Waals surface area contributed by atoms with Crippen molar-refractivity contribution in [2.24, 2.45) is 11.0 Å². The monoisotopic (exact) mass is 408 g/mol. The minimum absolute atomic E-state index is 0.128. The van der Waals surface area contributed by atoms with Crippen LogP contribution in [-0.4, -0.2) is 26.7 Å². The van der Waals surface area contributed by atoms with Crippen LogP contribution in [0.25, 0.3) is 10.9 Å². The van der Waals surface area contributed by atoms with Crippen molar-refractivity contribution in [2.75, 3.05) is 0 Å². The third kappa shape index (κ3) is 4.04. The van der Waals surface area contributed by atoms with Crippen LogP contribution < -0.4 is 11.0 Å². The maximum atomic E-state index is 13.0. The van der Waals surface area contributed by atoms with Gasteiger partial charge in [-0.2, -0.15) is 5.10 Å². The average Bonchev–Trinajstić information content (AvgIpc) is 2.71. The second-order valence-corrected chi connectivity index (χ2v) is 7.07. The van der Waals surface area contributed by atoms with Crippen LogP contribution in [0.1, 0.15) is 29.8 Å². The Bertz CT molecular complexity index is 1210. The van der Waals surface area contributed by atoms with Crippen molar-refractivity contribution in [3.05, 3.63) is 80.1 Å². The highest BCUT2D eigenvalue weighted by molar-refractivity contribution is 6.02. The molecule has 3 aromatic rings. The molecule has 0 radical (unpaired) electrons. The largest absolute Gasteiger partial charge is 0.506 e. The summed E-state index contributed by atoms with van der Waals surface area (Å²) in [4.78, 5) is 36.1. The SMILES string of the molecule is CC(C)Cn1c(=O)c(C(=O)N/N=C/c2ccccc2[N+](=O)[O-])c(O)c2ccccc21. The van der Waals surface area contributed by atoms with Gasteiger partial charge in [0.25, 0.3) is 17.2 Å². The van der Waals surface area contributed by atoms with E-state index in [2.05, 4.69) is 10.5 Å². The summed E-state index contributed by atoms with van der Waals surface area (Å²) in [5.74, 6) is -1.21. The zero-order valence-corrected chi connectivity index (χ0v) is 16.4. The average molecular weight is 408 g/mol. The number of para-hydroxylation sites is 2. The van der Waals surface area contributed by atoms with E-state index in [1.807, 2.05) is 13.8 Å². The van der Waals surface area contributed by atoms with Gasteiger partial charge >= 0.3 is 0 Å². The van der Waals surface area contributed by atoms with Gasteiger partial charge in [-0.05, 0) is 24.1 Å². The van der Waals surface area contributed by atoms with Crippen molar-refractivity contribution < 1.29 is 14.8 Å². The number of hydrogen-bond donors (Lipinski definition) is 2. The number of amides is 1. The Morgan fingerprint density at radius 1 is 1.23 bits per heavy atom. The molecule has 1 aromatic heterocycles. The number of pyridine rings is 1. The summed E-state index contributed by atoms with van der Waals surface area (Å²) in [5.41, 5.74) is 1.63. The first-order valence-electron chi connectivity index (χ1n) is 9.22. The van der Waals surface area contributed by atoms with E-state index in [9.17, 15) is 24.8 Å². The fourth-order valence-electron chi connectivity index (χ4n) is 3.12. The number of aromatic hydroxyl groups is 1. The number of benzene rings is 2. The van der Waals surface area contributed by atoms with E-state index < -0.39 is 27.7 Å². The second-order valence-electron chi connectivity index (χ2n) is 7.07. The van der Waals surface area contributed by atoms with E-state index in [0.29, 0.717) is 17.4 Å². The number of rotatable bonds is 6. The standard InChI is InChI=1S/C21H20N4O5/c1-13(2)12-24-17-10-6-4-8-15(17)19(26)18(21(24)28)20(27)23-22-11-14-7-3-5-9-16(14)25(29)30/h3-11,13,26H,12H2,1-2H3,(H,23,27)/b22-11+. The van der Waals surface area contributed by atoms with E-state index in [4.69, 9.17) is 0 Å². The van der Waals surface area contributed by atoms with Gasteiger partial charge in [-0.25, -0.2) is 5.43 Å². The van der Waals surface area contributed by atoms with Gasteiger partial charge in [-0.15, -0.1) is 0 Å². The molecule has 9 nitrogen and oxygen atoms in total. The van der Waals surface area contributed by atoms with Crippen molar-refractivity contribution in [3.8, 4) is 5.75 Å². The number of nitro benzene ring substituents is 1. The normalized spacial score (nSPS) is 11.3. The molecule has 0 spiro atoms. The Balaban J connectivity index is 2.00. The smallest absolute Gasteiger partial charge is 0.280 e. The van der Waals surface area contributed by atoms with E-state index >= 15 is 0 Å². The van der Waals surface area contributed by atoms with Crippen molar-refractivity contribution in [1.29, 1.82) is 0 Å². The molecule has 30 heavy (non-hydrogen) atoms. The minimum atomic E-state index is -0.907. The van der Waals surface area contributed by atoms with Crippen molar-refractivity contribution in [1.82, 2.24) is 9.99 Å². The predicted molar refractivity (Wildman–Crippen MR) is 113 cm³/mol. The minimum Gasteiger partial charge on any atom is -0.506 e. The lowest BCUT2D eigenvalue weighted by Gasteiger charge is -2.15. The second kappa shape index (κ2) is 8.56. The van der Waals surface area contributed by atoms with Crippen molar-refractivity contribution in [3.63, 3.8) is 0 Å². The van der Waals surface area contributed by atoms with Crippen LogP contribution in [0.4, 0.5) is 5.69 Å². The summed E-state index contributed by atoms with van der Waals surface area (Å²) in [7, 11) is 0. The molecular formula is C21H20N4O5. The Labute approximate surface area is 171 Å². The molecule has 2 N–H and O–H groups in total. The summed E-state index contributed by atoms with van der Waals surface area (Å²) in [6.07, 6.45) is 1.11. The third-order valence-corrected chi connectivity index (χ3v) is 4.42.